The molecule has 3 atom stereocenters. The van der Waals surface area contributed by atoms with Crippen molar-refractivity contribution in [1.82, 2.24) is 0 Å². The van der Waals surface area contributed by atoms with Gasteiger partial charge in [-0.05, 0) is 43.9 Å². The predicted molar refractivity (Wildman–Crippen MR) is 80.7 cm³/mol. The standard InChI is InChI=1S/C14H18BrFO7S/c15-6-10(17)22-13-2-8-1-9(3-13)5-14(4-8,7-13)23-12(18)11(16)24(19,20)21/h8-9,11H,1-7H2,(H,19,20,21)/p-1. The first-order valence-electron chi connectivity index (χ1n) is 7.66. The lowest BCUT2D eigenvalue weighted by Gasteiger charge is -2.60. The van der Waals surface area contributed by atoms with Crippen molar-refractivity contribution in [3.63, 3.8) is 0 Å². The molecule has 0 aromatic carbocycles. The molecule has 24 heavy (non-hydrogen) atoms. The minimum absolute atomic E-state index is 0.0395. The third kappa shape index (κ3) is 3.32. The van der Waals surface area contributed by atoms with Gasteiger partial charge in [-0.15, -0.1) is 0 Å². The van der Waals surface area contributed by atoms with Gasteiger partial charge in [0.25, 0.3) is 5.50 Å². The zero-order valence-electron chi connectivity index (χ0n) is 12.7. The maximum absolute atomic E-state index is 13.5. The van der Waals surface area contributed by atoms with Gasteiger partial charge in [-0.1, -0.05) is 15.9 Å². The number of rotatable bonds is 5. The van der Waals surface area contributed by atoms with Crippen molar-refractivity contribution in [3.8, 4) is 0 Å². The monoisotopic (exact) mass is 427 g/mol. The molecule has 4 bridgehead atoms. The Morgan fingerprint density at radius 2 is 1.67 bits per heavy atom. The highest BCUT2D eigenvalue weighted by atomic mass is 79.9. The first kappa shape index (κ1) is 18.1. The molecule has 136 valence electrons. The SMILES string of the molecule is O=C(CBr)OC12CC3CC(C1)CC(OC(=O)C(F)S(=O)(=O)[O-])(C3)C2. The number of halogens is 2. The molecule has 0 aliphatic heterocycles. The summed E-state index contributed by atoms with van der Waals surface area (Å²) in [5.41, 5.74) is -5.06. The normalized spacial score (nSPS) is 38.6. The molecule has 0 spiro atoms. The summed E-state index contributed by atoms with van der Waals surface area (Å²) in [6.07, 6.45) is 3.36. The minimum atomic E-state index is -5.41. The van der Waals surface area contributed by atoms with E-state index in [2.05, 4.69) is 15.9 Å². The molecule has 7 nitrogen and oxygen atoms in total. The van der Waals surface area contributed by atoms with Crippen molar-refractivity contribution in [1.29, 1.82) is 0 Å². The van der Waals surface area contributed by atoms with E-state index in [0.717, 1.165) is 6.42 Å². The Morgan fingerprint density at radius 3 is 2.12 bits per heavy atom. The average Bonchev–Trinajstić information content (AvgIpc) is 2.42. The van der Waals surface area contributed by atoms with Crippen LogP contribution in [-0.2, 0) is 29.2 Å². The quantitative estimate of drug-likeness (QED) is 0.370. The molecule has 0 aromatic rings. The maximum atomic E-state index is 13.5. The van der Waals surface area contributed by atoms with Gasteiger partial charge in [0, 0.05) is 6.42 Å². The first-order valence-corrected chi connectivity index (χ1v) is 10.3. The van der Waals surface area contributed by atoms with E-state index in [0.29, 0.717) is 25.7 Å². The number of ether oxygens (including phenoxy) is 2. The largest absolute Gasteiger partial charge is 0.745 e. The van der Waals surface area contributed by atoms with Crippen LogP contribution in [0.2, 0.25) is 0 Å². The van der Waals surface area contributed by atoms with Crippen molar-refractivity contribution in [2.75, 3.05) is 5.33 Å². The van der Waals surface area contributed by atoms with E-state index in [1.54, 1.807) is 0 Å². The van der Waals surface area contributed by atoms with E-state index in [4.69, 9.17) is 9.47 Å². The molecular weight excluding hydrogens is 411 g/mol. The van der Waals surface area contributed by atoms with Crippen molar-refractivity contribution in [3.05, 3.63) is 0 Å². The zero-order chi connectivity index (χ0) is 17.8. The molecule has 0 radical (unpaired) electrons. The van der Waals surface area contributed by atoms with Gasteiger partial charge in [0.1, 0.15) is 26.7 Å². The van der Waals surface area contributed by atoms with E-state index in [-0.39, 0.29) is 23.6 Å². The second kappa shape index (κ2) is 5.91. The fourth-order valence-corrected chi connectivity index (χ4v) is 5.38. The molecule has 0 saturated heterocycles. The summed E-state index contributed by atoms with van der Waals surface area (Å²) in [7, 11) is -5.41. The van der Waals surface area contributed by atoms with E-state index in [9.17, 15) is 27.0 Å². The molecule has 4 aliphatic carbocycles. The third-order valence-corrected chi connectivity index (χ3v) is 6.31. The van der Waals surface area contributed by atoms with E-state index in [1.807, 2.05) is 0 Å². The summed E-state index contributed by atoms with van der Waals surface area (Å²) < 4.78 is 56.3. The Labute approximate surface area is 147 Å². The van der Waals surface area contributed by atoms with Crippen LogP contribution in [0.25, 0.3) is 0 Å². The number of alkyl halides is 2. The Balaban J connectivity index is 1.81. The van der Waals surface area contributed by atoms with Crippen molar-refractivity contribution < 1.29 is 36.4 Å². The Hall–Kier alpha value is -0.740. The summed E-state index contributed by atoms with van der Waals surface area (Å²) in [5, 5.41) is 0.0395. The van der Waals surface area contributed by atoms with Gasteiger partial charge < -0.3 is 14.0 Å². The average molecular weight is 428 g/mol. The van der Waals surface area contributed by atoms with Crippen molar-refractivity contribution >= 4 is 38.0 Å². The molecular formula is C14H17BrFO7S-. The molecule has 10 heteroatoms. The molecule has 0 N–H and O–H groups in total. The van der Waals surface area contributed by atoms with E-state index in [1.165, 1.54) is 0 Å². The van der Waals surface area contributed by atoms with Crippen LogP contribution in [0.4, 0.5) is 4.39 Å². The summed E-state index contributed by atoms with van der Waals surface area (Å²) in [4.78, 5) is 23.5. The van der Waals surface area contributed by atoms with Crippen LogP contribution in [0, 0.1) is 11.8 Å². The van der Waals surface area contributed by atoms with Crippen LogP contribution >= 0.6 is 15.9 Å². The summed E-state index contributed by atoms with van der Waals surface area (Å²) in [5.74, 6) is -1.79. The highest BCUT2D eigenvalue weighted by Gasteiger charge is 2.61. The number of carbonyl (C=O) groups excluding carboxylic acids is 2. The Kier molecular flexibility index (Phi) is 4.45. The number of esters is 2. The van der Waals surface area contributed by atoms with Gasteiger partial charge in [-0.2, -0.15) is 0 Å². The smallest absolute Gasteiger partial charge is 0.356 e. The lowest BCUT2D eigenvalue weighted by atomic mass is 9.52. The highest BCUT2D eigenvalue weighted by Crippen LogP contribution is 2.60. The van der Waals surface area contributed by atoms with Gasteiger partial charge >= 0.3 is 11.9 Å². The highest BCUT2D eigenvalue weighted by molar-refractivity contribution is 9.09. The van der Waals surface area contributed by atoms with Gasteiger partial charge in [-0.25, -0.2) is 17.6 Å². The van der Waals surface area contributed by atoms with Gasteiger partial charge in [0.2, 0.25) is 0 Å². The molecule has 0 heterocycles. The molecule has 4 saturated carbocycles. The minimum Gasteiger partial charge on any atom is -0.745 e. The number of hydrogen-bond donors (Lipinski definition) is 0. The summed E-state index contributed by atoms with van der Waals surface area (Å²) in [6, 6.07) is 0. The van der Waals surface area contributed by atoms with Gasteiger partial charge in [0.15, 0.2) is 0 Å². The van der Waals surface area contributed by atoms with Crippen molar-refractivity contribution in [2.24, 2.45) is 11.8 Å². The molecule has 3 unspecified atom stereocenters. The second-order valence-corrected chi connectivity index (χ2v) is 9.12. The van der Waals surface area contributed by atoms with Gasteiger partial charge in [0.05, 0.1) is 0 Å². The lowest BCUT2D eigenvalue weighted by molar-refractivity contribution is -0.231. The van der Waals surface area contributed by atoms with Crippen LogP contribution in [0.5, 0.6) is 0 Å². The predicted octanol–water partition coefficient (Wildman–Crippen LogP) is 1.40. The zero-order valence-corrected chi connectivity index (χ0v) is 15.1. The third-order valence-electron chi connectivity index (χ3n) is 5.15. The topological polar surface area (TPSA) is 110 Å². The summed E-state index contributed by atoms with van der Waals surface area (Å²) >= 11 is 3.04. The second-order valence-electron chi connectivity index (χ2n) is 7.16. The van der Waals surface area contributed by atoms with Crippen molar-refractivity contribution in [2.45, 2.75) is 55.2 Å². The van der Waals surface area contributed by atoms with Crippen LogP contribution in [0.1, 0.15) is 38.5 Å². The van der Waals surface area contributed by atoms with E-state index >= 15 is 0 Å². The van der Waals surface area contributed by atoms with Gasteiger partial charge in [-0.3, -0.25) is 4.79 Å². The lowest BCUT2D eigenvalue weighted by Crippen LogP contribution is -2.62. The Bertz CT molecular complexity index is 650. The number of carbonyl (C=O) groups is 2. The molecule has 4 rings (SSSR count). The first-order chi connectivity index (χ1) is 11.1. The molecule has 4 fully saturated rings. The maximum Gasteiger partial charge on any atom is 0.356 e. The van der Waals surface area contributed by atoms with Crippen LogP contribution in [0.15, 0.2) is 0 Å². The fraction of sp³-hybridized carbons (Fsp3) is 0.857. The molecule has 4 aliphatic rings. The summed E-state index contributed by atoms with van der Waals surface area (Å²) in [6.45, 7) is 0. The molecule has 0 amide bonds. The molecule has 0 aromatic heterocycles. The number of hydrogen-bond acceptors (Lipinski definition) is 7. The fourth-order valence-electron chi connectivity index (χ4n) is 4.98. The van der Waals surface area contributed by atoms with Crippen LogP contribution in [0.3, 0.4) is 0 Å². The van der Waals surface area contributed by atoms with Crippen LogP contribution < -0.4 is 0 Å². The Morgan fingerprint density at radius 1 is 1.17 bits per heavy atom. The van der Waals surface area contributed by atoms with E-state index < -0.39 is 38.8 Å². The van der Waals surface area contributed by atoms with Crippen LogP contribution in [-0.4, -0.2) is 46.9 Å².